The highest BCUT2D eigenvalue weighted by molar-refractivity contribution is 9.10. The van der Waals surface area contributed by atoms with Crippen LogP contribution in [0.25, 0.3) is 6.08 Å². The van der Waals surface area contributed by atoms with Gasteiger partial charge in [0.2, 0.25) is 10.0 Å². The molecular weight excluding hydrogens is 458 g/mol. The Morgan fingerprint density at radius 1 is 1.07 bits per heavy atom. The second-order valence-corrected chi connectivity index (χ2v) is 8.72. The third-order valence-electron chi connectivity index (χ3n) is 3.91. The maximum atomic E-state index is 12.3. The molecule has 3 aromatic rings. The molecule has 1 heterocycles. The summed E-state index contributed by atoms with van der Waals surface area (Å²) >= 11 is 3.35. The van der Waals surface area contributed by atoms with Gasteiger partial charge in [0.15, 0.2) is 0 Å². The van der Waals surface area contributed by atoms with E-state index in [4.69, 9.17) is 9.15 Å². The number of rotatable bonds is 8. The van der Waals surface area contributed by atoms with Gasteiger partial charge < -0.3 is 9.15 Å². The summed E-state index contributed by atoms with van der Waals surface area (Å²) in [6.07, 6.45) is 4.35. The fourth-order valence-corrected chi connectivity index (χ4v) is 3.63. The second-order valence-electron chi connectivity index (χ2n) is 6.04. The molecule has 3 rings (SSSR count). The lowest BCUT2D eigenvalue weighted by Gasteiger charge is -2.06. The standard InChI is InChI=1S/C21H18BrNO5S/c22-18-8-3-17(4-9-18)15-28-21(24)12-7-16-5-10-20(11-6-16)29(25,26)23-14-19-2-1-13-27-19/h1-13,23H,14-15H2/b12-7+. The van der Waals surface area contributed by atoms with Gasteiger partial charge in [-0.15, -0.1) is 0 Å². The fraction of sp³-hybridized carbons (Fsp3) is 0.0952. The molecule has 0 spiro atoms. The zero-order valence-electron chi connectivity index (χ0n) is 15.2. The molecule has 0 atom stereocenters. The van der Waals surface area contributed by atoms with Crippen molar-refractivity contribution in [1.82, 2.24) is 4.72 Å². The number of hydrogen-bond acceptors (Lipinski definition) is 5. The highest BCUT2D eigenvalue weighted by Gasteiger charge is 2.14. The zero-order valence-corrected chi connectivity index (χ0v) is 17.6. The van der Waals surface area contributed by atoms with Crippen molar-refractivity contribution in [2.75, 3.05) is 0 Å². The van der Waals surface area contributed by atoms with E-state index in [-0.39, 0.29) is 18.0 Å². The number of furan rings is 1. The number of sulfonamides is 1. The minimum absolute atomic E-state index is 0.0706. The van der Waals surface area contributed by atoms with Crippen LogP contribution in [0.1, 0.15) is 16.9 Å². The van der Waals surface area contributed by atoms with Crippen molar-refractivity contribution in [2.45, 2.75) is 18.0 Å². The zero-order chi connectivity index (χ0) is 20.7. The quantitative estimate of drug-likeness (QED) is 0.388. The van der Waals surface area contributed by atoms with E-state index in [1.807, 2.05) is 24.3 Å². The highest BCUT2D eigenvalue weighted by atomic mass is 79.9. The number of ether oxygens (including phenoxy) is 1. The molecule has 150 valence electrons. The second kappa shape index (κ2) is 9.69. The average molecular weight is 476 g/mol. The topological polar surface area (TPSA) is 85.6 Å². The van der Waals surface area contributed by atoms with Gasteiger partial charge in [-0.2, -0.15) is 0 Å². The van der Waals surface area contributed by atoms with E-state index in [1.165, 1.54) is 24.5 Å². The predicted octanol–water partition coefficient (Wildman–Crippen LogP) is 4.28. The van der Waals surface area contributed by atoms with Crippen molar-refractivity contribution < 1.29 is 22.4 Å². The monoisotopic (exact) mass is 475 g/mol. The Kier molecular flexibility index (Phi) is 7.03. The third kappa shape index (κ3) is 6.42. The van der Waals surface area contributed by atoms with Gasteiger partial charge in [-0.05, 0) is 53.6 Å². The summed E-state index contributed by atoms with van der Waals surface area (Å²) in [7, 11) is -3.66. The summed E-state index contributed by atoms with van der Waals surface area (Å²) in [5.74, 6) is 0.0412. The van der Waals surface area contributed by atoms with E-state index in [9.17, 15) is 13.2 Å². The molecule has 2 aromatic carbocycles. The summed E-state index contributed by atoms with van der Waals surface area (Å²) in [6, 6.07) is 17.0. The van der Waals surface area contributed by atoms with Gasteiger partial charge in [-0.3, -0.25) is 0 Å². The molecule has 0 saturated carbocycles. The lowest BCUT2D eigenvalue weighted by atomic mass is 10.2. The molecule has 0 bridgehead atoms. The number of carbonyl (C=O) groups is 1. The Hall–Kier alpha value is -2.68. The molecule has 0 aliphatic heterocycles. The summed E-state index contributed by atoms with van der Waals surface area (Å²) in [6.45, 7) is 0.246. The van der Waals surface area contributed by atoms with E-state index < -0.39 is 16.0 Å². The average Bonchev–Trinajstić information content (AvgIpc) is 3.24. The first-order valence-corrected chi connectivity index (χ1v) is 10.9. The van der Waals surface area contributed by atoms with Crippen LogP contribution in [-0.2, 0) is 32.7 Å². The molecule has 0 saturated heterocycles. The molecule has 0 unspecified atom stereocenters. The van der Waals surface area contributed by atoms with Crippen LogP contribution in [0.4, 0.5) is 0 Å². The minimum atomic E-state index is -3.66. The number of benzene rings is 2. The molecule has 0 radical (unpaired) electrons. The summed E-state index contributed by atoms with van der Waals surface area (Å²) < 4.78 is 38.3. The Morgan fingerprint density at radius 3 is 2.45 bits per heavy atom. The van der Waals surface area contributed by atoms with E-state index in [0.717, 1.165) is 10.0 Å². The molecule has 6 nitrogen and oxygen atoms in total. The van der Waals surface area contributed by atoms with Crippen LogP contribution in [0, 0.1) is 0 Å². The fourth-order valence-electron chi connectivity index (χ4n) is 2.37. The van der Waals surface area contributed by atoms with E-state index in [1.54, 1.807) is 30.3 Å². The van der Waals surface area contributed by atoms with Crippen LogP contribution < -0.4 is 4.72 Å². The van der Waals surface area contributed by atoms with Crippen molar-refractivity contribution in [3.05, 3.63) is 94.4 Å². The first-order valence-electron chi connectivity index (χ1n) is 8.64. The Labute approximate surface area is 177 Å². The van der Waals surface area contributed by atoms with E-state index in [2.05, 4.69) is 20.7 Å². The van der Waals surface area contributed by atoms with Crippen molar-refractivity contribution in [1.29, 1.82) is 0 Å². The van der Waals surface area contributed by atoms with Crippen LogP contribution in [0.5, 0.6) is 0 Å². The van der Waals surface area contributed by atoms with Crippen LogP contribution in [0.2, 0.25) is 0 Å². The molecule has 1 aromatic heterocycles. The van der Waals surface area contributed by atoms with Crippen LogP contribution in [0.15, 0.2) is 86.8 Å². The first-order chi connectivity index (χ1) is 13.9. The van der Waals surface area contributed by atoms with Gasteiger partial charge in [0.1, 0.15) is 12.4 Å². The number of halogens is 1. The van der Waals surface area contributed by atoms with Gasteiger partial charge in [0.05, 0.1) is 17.7 Å². The lowest BCUT2D eigenvalue weighted by molar-refractivity contribution is -0.138. The molecule has 1 N–H and O–H groups in total. The van der Waals surface area contributed by atoms with Crippen molar-refractivity contribution in [3.8, 4) is 0 Å². The number of nitrogens with one attached hydrogen (secondary N) is 1. The van der Waals surface area contributed by atoms with Gasteiger partial charge >= 0.3 is 5.97 Å². The largest absolute Gasteiger partial charge is 0.468 e. The number of hydrogen-bond donors (Lipinski definition) is 1. The third-order valence-corrected chi connectivity index (χ3v) is 5.86. The molecule has 0 aliphatic rings. The van der Waals surface area contributed by atoms with Gasteiger partial charge in [-0.1, -0.05) is 40.2 Å². The number of carbonyl (C=O) groups excluding carboxylic acids is 1. The molecule has 0 amide bonds. The highest BCUT2D eigenvalue weighted by Crippen LogP contribution is 2.14. The van der Waals surface area contributed by atoms with Crippen molar-refractivity contribution >= 4 is 38.0 Å². The summed E-state index contributed by atoms with van der Waals surface area (Å²) in [4.78, 5) is 12.0. The van der Waals surface area contributed by atoms with Crippen LogP contribution >= 0.6 is 15.9 Å². The normalized spacial score (nSPS) is 11.6. The van der Waals surface area contributed by atoms with Gasteiger partial charge in [-0.25, -0.2) is 17.9 Å². The predicted molar refractivity (Wildman–Crippen MR) is 112 cm³/mol. The summed E-state index contributed by atoms with van der Waals surface area (Å²) in [5.41, 5.74) is 1.56. The Bertz CT molecular complexity index is 1070. The summed E-state index contributed by atoms with van der Waals surface area (Å²) in [5, 5.41) is 0. The first kappa shape index (κ1) is 21.0. The Morgan fingerprint density at radius 2 is 1.79 bits per heavy atom. The maximum absolute atomic E-state index is 12.3. The van der Waals surface area contributed by atoms with E-state index in [0.29, 0.717) is 11.3 Å². The molecular formula is C21H18BrNO5S. The van der Waals surface area contributed by atoms with Gasteiger partial charge in [0.25, 0.3) is 0 Å². The smallest absolute Gasteiger partial charge is 0.331 e. The van der Waals surface area contributed by atoms with E-state index >= 15 is 0 Å². The van der Waals surface area contributed by atoms with Gasteiger partial charge in [0, 0.05) is 10.5 Å². The van der Waals surface area contributed by atoms with Crippen LogP contribution in [-0.4, -0.2) is 14.4 Å². The molecule has 8 heteroatoms. The number of esters is 1. The molecule has 0 fully saturated rings. The minimum Gasteiger partial charge on any atom is -0.468 e. The van der Waals surface area contributed by atoms with Crippen LogP contribution in [0.3, 0.4) is 0 Å². The maximum Gasteiger partial charge on any atom is 0.331 e. The molecule has 29 heavy (non-hydrogen) atoms. The Balaban J connectivity index is 1.53. The molecule has 0 aliphatic carbocycles. The SMILES string of the molecule is O=C(/C=C/c1ccc(S(=O)(=O)NCc2ccco2)cc1)OCc1ccc(Br)cc1. The van der Waals surface area contributed by atoms with Crippen molar-refractivity contribution in [2.24, 2.45) is 0 Å². The lowest BCUT2D eigenvalue weighted by Crippen LogP contribution is -2.22. The van der Waals surface area contributed by atoms with Crippen molar-refractivity contribution in [3.63, 3.8) is 0 Å².